The zero-order valence-corrected chi connectivity index (χ0v) is 19.7. The van der Waals surface area contributed by atoms with Gasteiger partial charge in [-0.05, 0) is 52.2 Å². The van der Waals surface area contributed by atoms with Crippen LogP contribution in [0.1, 0.15) is 40.0 Å². The Balaban J connectivity index is 0.00000280. The van der Waals surface area contributed by atoms with E-state index in [1.165, 1.54) is 31.4 Å². The van der Waals surface area contributed by atoms with E-state index in [9.17, 15) is 0 Å². The molecule has 1 aromatic heterocycles. The van der Waals surface area contributed by atoms with Crippen molar-refractivity contribution in [1.82, 2.24) is 25.1 Å². The lowest BCUT2D eigenvalue weighted by Gasteiger charge is -2.35. The number of nitrogens with one attached hydrogen (secondary N) is 2. The van der Waals surface area contributed by atoms with Crippen molar-refractivity contribution in [3.05, 3.63) is 30.6 Å². The Morgan fingerprint density at radius 1 is 1.25 bits per heavy atom. The molecule has 0 radical (unpaired) electrons. The van der Waals surface area contributed by atoms with Crippen LogP contribution in [0.2, 0.25) is 0 Å². The molecule has 0 amide bonds. The maximum absolute atomic E-state index is 4.79. The maximum Gasteiger partial charge on any atom is 0.191 e. The lowest BCUT2D eigenvalue weighted by atomic mass is 10.0. The topological polar surface area (TPSA) is 57.5 Å². The van der Waals surface area contributed by atoms with E-state index in [4.69, 9.17) is 4.99 Å². The van der Waals surface area contributed by atoms with Gasteiger partial charge in [-0.25, -0.2) is 4.98 Å². The van der Waals surface area contributed by atoms with Gasteiger partial charge >= 0.3 is 0 Å². The molecule has 28 heavy (non-hydrogen) atoms. The fourth-order valence-corrected chi connectivity index (χ4v) is 3.69. The Hall–Kier alpha value is -1.35. The van der Waals surface area contributed by atoms with Crippen molar-refractivity contribution in [2.45, 2.75) is 58.7 Å². The number of hydrogen-bond acceptors (Lipinski definition) is 3. The number of nitrogens with zero attached hydrogens (tertiary/aromatic N) is 4. The molecule has 156 valence electrons. The first-order chi connectivity index (χ1) is 13.2. The predicted molar refractivity (Wildman–Crippen MR) is 129 cm³/mol. The van der Waals surface area contributed by atoms with Crippen LogP contribution in [0.4, 0.5) is 0 Å². The highest BCUT2D eigenvalue weighted by Gasteiger charge is 2.21. The zero-order valence-electron chi connectivity index (χ0n) is 17.4. The van der Waals surface area contributed by atoms with E-state index in [-0.39, 0.29) is 24.0 Å². The van der Waals surface area contributed by atoms with Gasteiger partial charge < -0.3 is 20.1 Å². The molecule has 0 atom stereocenters. The number of para-hydroxylation sites is 2. The van der Waals surface area contributed by atoms with Crippen LogP contribution in [0.3, 0.4) is 0 Å². The standard InChI is InChI=1S/C21H34N6.HI/c1-4-22-21(25-18-10-14-26(15-11-18)17(2)3)23-12-7-13-27-16-24-19-8-5-6-9-20(19)27;/h5-6,8-9,16-18H,4,7,10-15H2,1-3H3,(H2,22,23,25);1H. The number of aromatic nitrogens is 2. The number of hydrogen-bond donors (Lipinski definition) is 2. The molecular formula is C21H35IN6. The fraction of sp³-hybridized carbons (Fsp3) is 0.619. The van der Waals surface area contributed by atoms with Gasteiger partial charge in [0.25, 0.3) is 0 Å². The van der Waals surface area contributed by atoms with Gasteiger partial charge in [0.1, 0.15) is 0 Å². The number of imidazole rings is 1. The summed E-state index contributed by atoms with van der Waals surface area (Å²) < 4.78 is 2.22. The largest absolute Gasteiger partial charge is 0.357 e. The summed E-state index contributed by atoms with van der Waals surface area (Å²) in [5, 5.41) is 7.03. The Kier molecular flexibility index (Phi) is 9.50. The van der Waals surface area contributed by atoms with E-state index in [1.807, 2.05) is 12.4 Å². The highest BCUT2D eigenvalue weighted by Crippen LogP contribution is 2.13. The fourth-order valence-electron chi connectivity index (χ4n) is 3.69. The molecule has 0 saturated carbocycles. The Bertz CT molecular complexity index is 733. The highest BCUT2D eigenvalue weighted by atomic mass is 127. The number of guanidine groups is 1. The molecule has 0 aliphatic carbocycles. The molecule has 2 N–H and O–H groups in total. The molecule has 2 heterocycles. The molecule has 0 bridgehead atoms. The van der Waals surface area contributed by atoms with Crippen molar-refractivity contribution < 1.29 is 0 Å². The van der Waals surface area contributed by atoms with Gasteiger partial charge in [0.15, 0.2) is 5.96 Å². The van der Waals surface area contributed by atoms with Gasteiger partial charge in [-0.15, -0.1) is 24.0 Å². The molecule has 7 heteroatoms. The van der Waals surface area contributed by atoms with Crippen LogP contribution < -0.4 is 10.6 Å². The molecular weight excluding hydrogens is 463 g/mol. The number of piperidine rings is 1. The number of likely N-dealkylation sites (tertiary alicyclic amines) is 1. The van der Waals surface area contributed by atoms with Gasteiger partial charge in [-0.1, -0.05) is 12.1 Å². The van der Waals surface area contributed by atoms with Gasteiger partial charge in [0.2, 0.25) is 0 Å². The summed E-state index contributed by atoms with van der Waals surface area (Å²) in [7, 11) is 0. The summed E-state index contributed by atoms with van der Waals surface area (Å²) in [5.74, 6) is 0.955. The summed E-state index contributed by atoms with van der Waals surface area (Å²) in [4.78, 5) is 11.8. The summed E-state index contributed by atoms with van der Waals surface area (Å²) in [5.41, 5.74) is 2.26. The second-order valence-electron chi connectivity index (χ2n) is 7.59. The van der Waals surface area contributed by atoms with Crippen molar-refractivity contribution in [2.24, 2.45) is 4.99 Å². The van der Waals surface area contributed by atoms with E-state index in [2.05, 4.69) is 64.1 Å². The van der Waals surface area contributed by atoms with E-state index < -0.39 is 0 Å². The maximum atomic E-state index is 4.79. The Morgan fingerprint density at radius 2 is 2.00 bits per heavy atom. The highest BCUT2D eigenvalue weighted by molar-refractivity contribution is 14.0. The van der Waals surface area contributed by atoms with Crippen LogP contribution in [-0.4, -0.2) is 58.7 Å². The summed E-state index contributed by atoms with van der Waals surface area (Å²) in [6.07, 6.45) is 5.30. The molecule has 1 fully saturated rings. The third-order valence-corrected chi connectivity index (χ3v) is 5.30. The molecule has 1 aromatic carbocycles. The van der Waals surface area contributed by atoms with Crippen molar-refractivity contribution in [1.29, 1.82) is 0 Å². The van der Waals surface area contributed by atoms with E-state index in [1.54, 1.807) is 0 Å². The van der Waals surface area contributed by atoms with Crippen LogP contribution in [0.5, 0.6) is 0 Å². The number of rotatable bonds is 7. The lowest BCUT2D eigenvalue weighted by molar-refractivity contribution is 0.167. The van der Waals surface area contributed by atoms with Crippen LogP contribution in [-0.2, 0) is 6.54 Å². The Labute approximate surface area is 186 Å². The van der Waals surface area contributed by atoms with E-state index in [0.717, 1.165) is 37.5 Å². The SMILES string of the molecule is CCNC(=NCCCn1cnc2ccccc21)NC1CCN(C(C)C)CC1.I. The van der Waals surface area contributed by atoms with Crippen molar-refractivity contribution in [3.63, 3.8) is 0 Å². The summed E-state index contributed by atoms with van der Waals surface area (Å²) in [6, 6.07) is 9.45. The third kappa shape index (κ3) is 6.34. The van der Waals surface area contributed by atoms with Crippen LogP contribution in [0.15, 0.2) is 35.6 Å². The smallest absolute Gasteiger partial charge is 0.191 e. The number of fused-ring (bicyclic) bond motifs is 1. The molecule has 2 aromatic rings. The lowest BCUT2D eigenvalue weighted by Crippen LogP contribution is -2.49. The van der Waals surface area contributed by atoms with Crippen LogP contribution >= 0.6 is 24.0 Å². The van der Waals surface area contributed by atoms with Crippen molar-refractivity contribution >= 4 is 41.0 Å². The van der Waals surface area contributed by atoms with Gasteiger partial charge in [0.05, 0.1) is 17.4 Å². The van der Waals surface area contributed by atoms with Crippen molar-refractivity contribution in [3.8, 4) is 0 Å². The number of halogens is 1. The molecule has 3 rings (SSSR count). The van der Waals surface area contributed by atoms with E-state index >= 15 is 0 Å². The first kappa shape index (κ1) is 22.9. The van der Waals surface area contributed by atoms with Crippen LogP contribution in [0.25, 0.3) is 11.0 Å². The average Bonchev–Trinajstić information content (AvgIpc) is 3.09. The quantitative estimate of drug-likeness (QED) is 0.266. The number of aryl methyl sites for hydroxylation is 1. The average molecular weight is 498 g/mol. The number of benzene rings is 1. The second kappa shape index (κ2) is 11.6. The van der Waals surface area contributed by atoms with Crippen molar-refractivity contribution in [2.75, 3.05) is 26.2 Å². The predicted octanol–water partition coefficient (Wildman–Crippen LogP) is 3.47. The van der Waals surface area contributed by atoms with Gasteiger partial charge in [-0.2, -0.15) is 0 Å². The summed E-state index contributed by atoms with van der Waals surface area (Å²) in [6.45, 7) is 11.7. The first-order valence-electron chi connectivity index (χ1n) is 10.4. The first-order valence-corrected chi connectivity index (χ1v) is 10.4. The molecule has 1 aliphatic rings. The van der Waals surface area contributed by atoms with Gasteiger partial charge in [-0.3, -0.25) is 4.99 Å². The third-order valence-electron chi connectivity index (χ3n) is 5.30. The second-order valence-corrected chi connectivity index (χ2v) is 7.59. The summed E-state index contributed by atoms with van der Waals surface area (Å²) >= 11 is 0. The van der Waals surface area contributed by atoms with E-state index in [0.29, 0.717) is 12.1 Å². The number of aliphatic imine (C=N–C) groups is 1. The van der Waals surface area contributed by atoms with Gasteiger partial charge in [0, 0.05) is 44.8 Å². The Morgan fingerprint density at radius 3 is 2.71 bits per heavy atom. The molecule has 1 aliphatic heterocycles. The van der Waals surface area contributed by atoms with Crippen LogP contribution in [0, 0.1) is 0 Å². The molecule has 0 unspecified atom stereocenters. The normalized spacial score (nSPS) is 16.4. The minimum Gasteiger partial charge on any atom is -0.357 e. The molecule has 0 spiro atoms. The zero-order chi connectivity index (χ0) is 19.1. The monoisotopic (exact) mass is 498 g/mol. The molecule has 6 nitrogen and oxygen atoms in total. The minimum absolute atomic E-state index is 0. The molecule has 1 saturated heterocycles. The minimum atomic E-state index is 0.